The van der Waals surface area contributed by atoms with Gasteiger partial charge in [-0.3, -0.25) is 0 Å². The van der Waals surface area contributed by atoms with Gasteiger partial charge in [-0.2, -0.15) is 0 Å². The Morgan fingerprint density at radius 3 is 2.59 bits per heavy atom. The lowest BCUT2D eigenvalue weighted by molar-refractivity contribution is 0.506. The van der Waals surface area contributed by atoms with Crippen molar-refractivity contribution in [1.29, 1.82) is 0 Å². The van der Waals surface area contributed by atoms with E-state index in [0.29, 0.717) is 6.54 Å². The van der Waals surface area contributed by atoms with Crippen LogP contribution in [0.2, 0.25) is 0 Å². The molecule has 0 saturated heterocycles. The van der Waals surface area contributed by atoms with Crippen LogP contribution in [0.1, 0.15) is 24.7 Å². The first kappa shape index (κ1) is 16.6. The molecule has 4 nitrogen and oxygen atoms in total. The monoisotopic (exact) mass is 363 g/mol. The smallest absolute Gasteiger partial charge is 0.191 e. The van der Waals surface area contributed by atoms with Gasteiger partial charge < -0.3 is 15.1 Å². The van der Waals surface area contributed by atoms with Gasteiger partial charge in [-0.25, -0.2) is 4.99 Å². The summed E-state index contributed by atoms with van der Waals surface area (Å²) in [5, 5.41) is 6.67. The summed E-state index contributed by atoms with van der Waals surface area (Å²) in [5.74, 6) is 1.83. The Bertz CT molecular complexity index is 564. The minimum absolute atomic E-state index is 0.660. The minimum Gasteiger partial charge on any atom is -0.469 e. The van der Waals surface area contributed by atoms with E-state index in [1.165, 1.54) is 5.56 Å². The molecule has 0 aliphatic heterocycles. The summed E-state index contributed by atoms with van der Waals surface area (Å²) in [7, 11) is 0. The maximum atomic E-state index is 5.33. The van der Waals surface area contributed by atoms with E-state index >= 15 is 0 Å². The Hall–Kier alpha value is -1.75. The quantitative estimate of drug-likeness (QED) is 0.581. The van der Waals surface area contributed by atoms with Crippen LogP contribution in [0.15, 0.2) is 56.5 Å². The molecule has 118 valence electrons. The highest BCUT2D eigenvalue weighted by Crippen LogP contribution is 2.11. The molecule has 22 heavy (non-hydrogen) atoms. The molecular weight excluding hydrogens is 342 g/mol. The molecule has 1 aromatic heterocycles. The van der Waals surface area contributed by atoms with Gasteiger partial charge in [0.15, 0.2) is 5.96 Å². The summed E-state index contributed by atoms with van der Waals surface area (Å²) in [6, 6.07) is 12.1. The van der Waals surface area contributed by atoms with Crippen LogP contribution in [0.25, 0.3) is 0 Å². The fraction of sp³-hybridized carbons (Fsp3) is 0.353. The number of guanidine groups is 1. The predicted molar refractivity (Wildman–Crippen MR) is 94.0 cm³/mol. The van der Waals surface area contributed by atoms with Gasteiger partial charge in [0.1, 0.15) is 5.76 Å². The van der Waals surface area contributed by atoms with Crippen LogP contribution in [0.3, 0.4) is 0 Å². The zero-order valence-corrected chi connectivity index (χ0v) is 14.4. The lowest BCUT2D eigenvalue weighted by Crippen LogP contribution is -2.38. The van der Waals surface area contributed by atoms with E-state index in [1.54, 1.807) is 6.26 Å². The maximum absolute atomic E-state index is 5.33. The highest BCUT2D eigenvalue weighted by Gasteiger charge is 2.00. The lowest BCUT2D eigenvalue weighted by atomic mass is 10.2. The Morgan fingerprint density at radius 2 is 1.91 bits per heavy atom. The van der Waals surface area contributed by atoms with Crippen LogP contribution in [0, 0.1) is 0 Å². The summed E-state index contributed by atoms with van der Waals surface area (Å²) >= 11 is 3.44. The van der Waals surface area contributed by atoms with Crippen molar-refractivity contribution in [2.45, 2.75) is 26.3 Å². The number of hydrogen-bond donors (Lipinski definition) is 2. The van der Waals surface area contributed by atoms with E-state index in [1.807, 2.05) is 24.3 Å². The Labute approximate surface area is 140 Å². The van der Waals surface area contributed by atoms with E-state index in [9.17, 15) is 0 Å². The molecule has 0 aliphatic rings. The Kier molecular flexibility index (Phi) is 7.03. The zero-order valence-electron chi connectivity index (χ0n) is 12.8. The van der Waals surface area contributed by atoms with Crippen LogP contribution < -0.4 is 10.6 Å². The number of nitrogens with one attached hydrogen (secondary N) is 2. The van der Waals surface area contributed by atoms with Gasteiger partial charge in [0.2, 0.25) is 0 Å². The largest absolute Gasteiger partial charge is 0.469 e. The van der Waals surface area contributed by atoms with Crippen molar-refractivity contribution >= 4 is 21.9 Å². The molecule has 1 aromatic carbocycles. The normalized spacial score (nSPS) is 11.5. The topological polar surface area (TPSA) is 49.6 Å². The first-order valence-electron chi connectivity index (χ1n) is 7.57. The number of halogens is 1. The molecule has 2 rings (SSSR count). The third kappa shape index (κ3) is 5.93. The van der Waals surface area contributed by atoms with Gasteiger partial charge in [-0.1, -0.05) is 35.0 Å². The van der Waals surface area contributed by atoms with E-state index in [-0.39, 0.29) is 0 Å². The second-order valence-corrected chi connectivity index (χ2v) is 5.89. The predicted octanol–water partition coefficient (Wildman–Crippen LogP) is 3.73. The fourth-order valence-electron chi connectivity index (χ4n) is 1.94. The standard InChI is InChI=1S/C17H22BrN3O/c1-2-10-19-17(20-11-9-16-4-3-12-22-16)21-13-14-5-7-15(18)8-6-14/h3-8,12H,2,9-11,13H2,1H3,(H2,19,20,21). The highest BCUT2D eigenvalue weighted by atomic mass is 79.9. The average Bonchev–Trinajstić information content (AvgIpc) is 3.04. The average molecular weight is 364 g/mol. The van der Waals surface area contributed by atoms with Crippen molar-refractivity contribution in [2.75, 3.05) is 13.1 Å². The van der Waals surface area contributed by atoms with Crippen LogP contribution >= 0.6 is 15.9 Å². The molecular formula is C17H22BrN3O. The SMILES string of the molecule is CCCNC(=NCc1ccc(Br)cc1)NCCc1ccco1. The maximum Gasteiger partial charge on any atom is 0.191 e. The molecule has 0 bridgehead atoms. The molecule has 2 N–H and O–H groups in total. The molecule has 1 heterocycles. The van der Waals surface area contributed by atoms with Gasteiger partial charge in [0.05, 0.1) is 12.8 Å². The van der Waals surface area contributed by atoms with Crippen molar-refractivity contribution < 1.29 is 4.42 Å². The number of benzene rings is 1. The first-order valence-corrected chi connectivity index (χ1v) is 8.36. The molecule has 0 aliphatic carbocycles. The van der Waals surface area contributed by atoms with Crippen molar-refractivity contribution in [3.05, 3.63) is 58.5 Å². The van der Waals surface area contributed by atoms with E-state index in [4.69, 9.17) is 4.42 Å². The second kappa shape index (κ2) is 9.30. The molecule has 0 radical (unpaired) electrons. The molecule has 2 aromatic rings. The number of furan rings is 1. The molecule has 5 heteroatoms. The molecule has 0 saturated carbocycles. The van der Waals surface area contributed by atoms with Gasteiger partial charge in [0, 0.05) is 24.0 Å². The third-order valence-electron chi connectivity index (χ3n) is 3.12. The van der Waals surface area contributed by atoms with E-state index < -0.39 is 0 Å². The van der Waals surface area contributed by atoms with Crippen LogP contribution in [0.4, 0.5) is 0 Å². The molecule has 0 atom stereocenters. The second-order valence-electron chi connectivity index (χ2n) is 4.97. The molecule has 0 amide bonds. The van der Waals surface area contributed by atoms with Crippen molar-refractivity contribution in [2.24, 2.45) is 4.99 Å². The number of rotatable bonds is 7. The van der Waals surface area contributed by atoms with E-state index in [2.05, 4.69) is 50.6 Å². The summed E-state index contributed by atoms with van der Waals surface area (Å²) in [6.45, 7) is 4.51. The van der Waals surface area contributed by atoms with Crippen LogP contribution in [-0.4, -0.2) is 19.0 Å². The number of hydrogen-bond acceptors (Lipinski definition) is 2. The van der Waals surface area contributed by atoms with Gasteiger partial charge in [0.25, 0.3) is 0 Å². The summed E-state index contributed by atoms with van der Waals surface area (Å²) in [6.07, 6.45) is 3.61. The first-order chi connectivity index (χ1) is 10.8. The van der Waals surface area contributed by atoms with E-state index in [0.717, 1.165) is 42.1 Å². The molecule has 0 fully saturated rings. The molecule has 0 spiro atoms. The lowest BCUT2D eigenvalue weighted by Gasteiger charge is -2.11. The van der Waals surface area contributed by atoms with Crippen LogP contribution in [0.5, 0.6) is 0 Å². The summed E-state index contributed by atoms with van der Waals surface area (Å²) in [4.78, 5) is 4.63. The van der Waals surface area contributed by atoms with Gasteiger partial charge in [-0.15, -0.1) is 0 Å². The Morgan fingerprint density at radius 1 is 1.14 bits per heavy atom. The number of nitrogens with zero attached hydrogens (tertiary/aromatic N) is 1. The third-order valence-corrected chi connectivity index (χ3v) is 3.65. The van der Waals surface area contributed by atoms with Gasteiger partial charge >= 0.3 is 0 Å². The van der Waals surface area contributed by atoms with Crippen molar-refractivity contribution in [3.63, 3.8) is 0 Å². The molecule has 0 unspecified atom stereocenters. The Balaban J connectivity index is 1.86. The number of aliphatic imine (C=N–C) groups is 1. The van der Waals surface area contributed by atoms with Crippen LogP contribution in [-0.2, 0) is 13.0 Å². The fourth-order valence-corrected chi connectivity index (χ4v) is 2.20. The van der Waals surface area contributed by atoms with Crippen molar-refractivity contribution in [1.82, 2.24) is 10.6 Å². The summed E-state index contributed by atoms with van der Waals surface area (Å²) < 4.78 is 6.42. The zero-order chi connectivity index (χ0) is 15.6. The van der Waals surface area contributed by atoms with Gasteiger partial charge in [-0.05, 0) is 36.2 Å². The highest BCUT2D eigenvalue weighted by molar-refractivity contribution is 9.10. The minimum atomic E-state index is 0.660. The summed E-state index contributed by atoms with van der Waals surface area (Å²) in [5.41, 5.74) is 1.19. The van der Waals surface area contributed by atoms with Crippen molar-refractivity contribution in [3.8, 4) is 0 Å².